The molecule has 0 aliphatic carbocycles. The number of hydrogen-bond donors (Lipinski definition) is 4. The molecule has 0 saturated carbocycles. The van der Waals surface area contributed by atoms with E-state index < -0.39 is 29.0 Å². The lowest BCUT2D eigenvalue weighted by Gasteiger charge is -2.28. The van der Waals surface area contributed by atoms with Gasteiger partial charge in [0, 0.05) is 7.05 Å². The highest BCUT2D eigenvalue weighted by Crippen LogP contribution is 2.08. The van der Waals surface area contributed by atoms with E-state index in [0.29, 0.717) is 6.42 Å². The highest BCUT2D eigenvalue weighted by atomic mass is 32.2. The minimum atomic E-state index is -3.63. The zero-order chi connectivity index (χ0) is 10.5. The molecule has 0 heterocycles. The van der Waals surface area contributed by atoms with Crippen molar-refractivity contribution in [2.75, 3.05) is 20.3 Å². The van der Waals surface area contributed by atoms with Crippen molar-refractivity contribution in [2.24, 2.45) is 0 Å². The highest BCUT2D eigenvalue weighted by molar-refractivity contribution is 7.87. The molecule has 0 aliphatic heterocycles. The number of aliphatic hydroxyl groups is 2. The lowest BCUT2D eigenvalue weighted by molar-refractivity contribution is 0.105. The van der Waals surface area contributed by atoms with Crippen LogP contribution in [0.4, 0.5) is 0 Å². The Bertz CT molecular complexity index is 227. The highest BCUT2D eigenvalue weighted by Gasteiger charge is 2.30. The summed E-state index contributed by atoms with van der Waals surface area (Å²) in [5.74, 6) is 0. The van der Waals surface area contributed by atoms with E-state index in [1.807, 2.05) is 4.72 Å². The third-order valence-electron chi connectivity index (χ3n) is 1.90. The van der Waals surface area contributed by atoms with E-state index in [1.54, 1.807) is 6.92 Å². The fourth-order valence-electron chi connectivity index (χ4n) is 0.746. The first-order valence-corrected chi connectivity index (χ1v) is 5.37. The van der Waals surface area contributed by atoms with Crippen LogP contribution >= 0.6 is 0 Å². The van der Waals surface area contributed by atoms with Crippen LogP contribution in [-0.4, -0.2) is 44.4 Å². The van der Waals surface area contributed by atoms with Gasteiger partial charge in [-0.3, -0.25) is 0 Å². The summed E-state index contributed by atoms with van der Waals surface area (Å²) in [7, 11) is -2.39. The van der Waals surface area contributed by atoms with Crippen molar-refractivity contribution in [3.63, 3.8) is 0 Å². The third kappa shape index (κ3) is 3.57. The predicted octanol–water partition coefficient (Wildman–Crippen LogP) is -1.83. The normalized spacial score (nSPS) is 13.2. The maximum Gasteiger partial charge on any atom is 0.277 e. The summed E-state index contributed by atoms with van der Waals surface area (Å²) in [6.45, 7) is 0.784. The average Bonchev–Trinajstić information content (AvgIpc) is 2.14. The van der Waals surface area contributed by atoms with Crippen molar-refractivity contribution in [3.05, 3.63) is 0 Å². The summed E-state index contributed by atoms with van der Waals surface area (Å²) in [5, 5.41) is 17.8. The first-order valence-electron chi connectivity index (χ1n) is 3.89. The van der Waals surface area contributed by atoms with Crippen molar-refractivity contribution in [2.45, 2.75) is 18.9 Å². The molecule has 0 amide bonds. The Morgan fingerprint density at radius 2 is 1.77 bits per heavy atom. The molecule has 0 bridgehead atoms. The number of hydrogen-bond acceptors (Lipinski definition) is 4. The van der Waals surface area contributed by atoms with Crippen molar-refractivity contribution >= 4 is 10.2 Å². The van der Waals surface area contributed by atoms with E-state index in [4.69, 9.17) is 10.2 Å². The standard InChI is InChI=1S/C6H16N2O4S/c1-3-6(4-9,5-10)8-13(11,12)7-2/h7-10H,3-5H2,1-2H3. The van der Waals surface area contributed by atoms with Crippen LogP contribution in [0.3, 0.4) is 0 Å². The summed E-state index contributed by atoms with van der Waals surface area (Å²) in [5.41, 5.74) is -1.18. The van der Waals surface area contributed by atoms with Crippen LogP contribution < -0.4 is 9.44 Å². The molecule has 0 atom stereocenters. The van der Waals surface area contributed by atoms with Crippen LogP contribution in [0.1, 0.15) is 13.3 Å². The maximum absolute atomic E-state index is 11.0. The SMILES string of the molecule is CCC(CO)(CO)NS(=O)(=O)NC. The number of rotatable bonds is 6. The van der Waals surface area contributed by atoms with Gasteiger partial charge in [0.25, 0.3) is 10.2 Å². The van der Waals surface area contributed by atoms with Crippen LogP contribution in [0.5, 0.6) is 0 Å². The number of aliphatic hydroxyl groups excluding tert-OH is 2. The first-order chi connectivity index (χ1) is 5.95. The molecule has 0 aromatic rings. The molecular weight excluding hydrogens is 196 g/mol. The molecule has 0 aromatic carbocycles. The summed E-state index contributed by atoms with van der Waals surface area (Å²) >= 11 is 0. The summed E-state index contributed by atoms with van der Waals surface area (Å²) in [4.78, 5) is 0. The van der Waals surface area contributed by atoms with Gasteiger partial charge in [-0.15, -0.1) is 0 Å². The van der Waals surface area contributed by atoms with Gasteiger partial charge in [0.2, 0.25) is 0 Å². The Morgan fingerprint density at radius 3 is 2.00 bits per heavy atom. The molecule has 4 N–H and O–H groups in total. The van der Waals surface area contributed by atoms with Gasteiger partial charge in [-0.2, -0.15) is 13.1 Å². The molecule has 80 valence electrons. The predicted molar refractivity (Wildman–Crippen MR) is 48.3 cm³/mol. The Labute approximate surface area is 78.1 Å². The molecule has 0 aromatic heterocycles. The van der Waals surface area contributed by atoms with Crippen LogP contribution in [0.25, 0.3) is 0 Å². The second-order valence-electron chi connectivity index (χ2n) is 2.76. The molecule has 6 nitrogen and oxygen atoms in total. The van der Waals surface area contributed by atoms with E-state index in [1.165, 1.54) is 7.05 Å². The Morgan fingerprint density at radius 1 is 1.31 bits per heavy atom. The zero-order valence-corrected chi connectivity index (χ0v) is 8.56. The van der Waals surface area contributed by atoms with Gasteiger partial charge in [-0.25, -0.2) is 4.72 Å². The van der Waals surface area contributed by atoms with E-state index in [2.05, 4.69) is 4.72 Å². The molecule has 0 saturated heterocycles. The Hall–Kier alpha value is -0.210. The fraction of sp³-hybridized carbons (Fsp3) is 1.00. The van der Waals surface area contributed by atoms with E-state index in [-0.39, 0.29) is 0 Å². The van der Waals surface area contributed by atoms with E-state index >= 15 is 0 Å². The third-order valence-corrected chi connectivity index (χ3v) is 3.14. The van der Waals surface area contributed by atoms with Crippen LogP contribution in [0.15, 0.2) is 0 Å². The molecule has 0 radical (unpaired) electrons. The van der Waals surface area contributed by atoms with Crippen LogP contribution in [-0.2, 0) is 10.2 Å². The lowest BCUT2D eigenvalue weighted by Crippen LogP contribution is -2.56. The van der Waals surface area contributed by atoms with Crippen LogP contribution in [0.2, 0.25) is 0 Å². The van der Waals surface area contributed by atoms with Crippen molar-refractivity contribution in [1.29, 1.82) is 0 Å². The molecule has 0 aliphatic rings. The van der Waals surface area contributed by atoms with Gasteiger partial charge >= 0.3 is 0 Å². The zero-order valence-electron chi connectivity index (χ0n) is 7.74. The molecule has 7 heteroatoms. The smallest absolute Gasteiger partial charge is 0.277 e. The van der Waals surface area contributed by atoms with Crippen molar-refractivity contribution in [1.82, 2.24) is 9.44 Å². The van der Waals surface area contributed by atoms with Gasteiger partial charge in [-0.1, -0.05) is 6.92 Å². The second-order valence-corrected chi connectivity index (χ2v) is 4.38. The summed E-state index contributed by atoms with van der Waals surface area (Å²) < 4.78 is 26.3. The van der Waals surface area contributed by atoms with Crippen molar-refractivity contribution < 1.29 is 18.6 Å². The maximum atomic E-state index is 11.0. The van der Waals surface area contributed by atoms with Gasteiger partial charge < -0.3 is 10.2 Å². The van der Waals surface area contributed by atoms with E-state index in [9.17, 15) is 8.42 Å². The van der Waals surface area contributed by atoms with Crippen LogP contribution in [0, 0.1) is 0 Å². The molecule has 0 unspecified atom stereocenters. The quantitative estimate of drug-likeness (QED) is 0.416. The minimum absolute atomic E-state index is 0.306. The molecule has 13 heavy (non-hydrogen) atoms. The van der Waals surface area contributed by atoms with E-state index in [0.717, 1.165) is 0 Å². The average molecular weight is 212 g/mol. The van der Waals surface area contributed by atoms with Gasteiger partial charge in [0.1, 0.15) is 0 Å². The molecule has 0 rings (SSSR count). The summed E-state index contributed by atoms with van der Waals surface area (Å²) in [6, 6.07) is 0. The Balaban J connectivity index is 4.61. The molecule has 0 spiro atoms. The summed E-state index contributed by atoms with van der Waals surface area (Å²) in [6.07, 6.45) is 0.306. The molecular formula is C6H16N2O4S. The number of nitrogens with one attached hydrogen (secondary N) is 2. The largest absolute Gasteiger partial charge is 0.394 e. The monoisotopic (exact) mass is 212 g/mol. The molecule has 0 fully saturated rings. The minimum Gasteiger partial charge on any atom is -0.394 e. The van der Waals surface area contributed by atoms with Gasteiger partial charge in [-0.05, 0) is 6.42 Å². The van der Waals surface area contributed by atoms with Crippen molar-refractivity contribution in [3.8, 4) is 0 Å². The fourth-order valence-corrected chi connectivity index (χ4v) is 1.69. The lowest BCUT2D eigenvalue weighted by atomic mass is 10.0. The first kappa shape index (κ1) is 12.8. The Kier molecular flexibility index (Phi) is 4.79. The van der Waals surface area contributed by atoms with Gasteiger partial charge in [0.05, 0.1) is 18.8 Å². The topological polar surface area (TPSA) is 98.7 Å². The van der Waals surface area contributed by atoms with Gasteiger partial charge in [0.15, 0.2) is 0 Å². The second kappa shape index (κ2) is 4.87.